The maximum absolute atomic E-state index is 11.8. The number of hydrogen-bond acceptors (Lipinski definition) is 3. The van der Waals surface area contributed by atoms with Crippen LogP contribution >= 0.6 is 35.3 Å². The van der Waals surface area contributed by atoms with E-state index in [1.54, 1.807) is 7.05 Å². The lowest BCUT2D eigenvalue weighted by molar-refractivity contribution is 0.0957. The zero-order chi connectivity index (χ0) is 17.9. The van der Waals surface area contributed by atoms with Crippen molar-refractivity contribution in [3.63, 3.8) is 0 Å². The largest absolute Gasteiger partial charge is 0.356 e. The third-order valence-corrected chi connectivity index (χ3v) is 4.71. The molecule has 1 aromatic heterocycles. The Balaban J connectivity index is 0.00000338. The summed E-state index contributed by atoms with van der Waals surface area (Å²) in [4.78, 5) is 16.8. The molecule has 3 N–H and O–H groups in total. The molecule has 1 aromatic carbocycles. The van der Waals surface area contributed by atoms with Crippen molar-refractivity contribution in [3.05, 3.63) is 57.8 Å². The van der Waals surface area contributed by atoms with Crippen molar-refractivity contribution in [1.82, 2.24) is 16.0 Å². The van der Waals surface area contributed by atoms with E-state index in [9.17, 15) is 4.79 Å². The van der Waals surface area contributed by atoms with Gasteiger partial charge < -0.3 is 16.0 Å². The van der Waals surface area contributed by atoms with E-state index in [-0.39, 0.29) is 29.9 Å². The highest BCUT2D eigenvalue weighted by atomic mass is 127. The van der Waals surface area contributed by atoms with Crippen LogP contribution in [0.4, 0.5) is 0 Å². The number of rotatable bonds is 8. The number of carbonyl (C=O) groups is 1. The number of nitrogens with zero attached hydrogens (tertiary/aromatic N) is 1. The predicted molar refractivity (Wildman–Crippen MR) is 121 cm³/mol. The molecule has 5 nitrogen and oxygen atoms in total. The fraction of sp³-hybridized carbons (Fsp3) is 0.368. The average Bonchev–Trinajstić information content (AvgIpc) is 3.19. The smallest absolute Gasteiger partial charge is 0.261 e. The summed E-state index contributed by atoms with van der Waals surface area (Å²) in [5.41, 5.74) is 2.64. The summed E-state index contributed by atoms with van der Waals surface area (Å²) in [5.74, 6) is 0.768. The van der Waals surface area contributed by atoms with E-state index in [0.717, 1.165) is 36.8 Å². The predicted octanol–water partition coefficient (Wildman–Crippen LogP) is 3.41. The molecule has 26 heavy (non-hydrogen) atoms. The van der Waals surface area contributed by atoms with Crippen LogP contribution < -0.4 is 16.0 Å². The van der Waals surface area contributed by atoms with Crippen molar-refractivity contribution in [3.8, 4) is 0 Å². The van der Waals surface area contributed by atoms with Gasteiger partial charge in [-0.25, -0.2) is 0 Å². The highest BCUT2D eigenvalue weighted by Crippen LogP contribution is 2.09. The molecule has 0 spiro atoms. The van der Waals surface area contributed by atoms with E-state index in [2.05, 4.69) is 52.1 Å². The monoisotopic (exact) mass is 486 g/mol. The Morgan fingerprint density at radius 1 is 1.04 bits per heavy atom. The standard InChI is InChI=1S/C19H26N4OS.HI/c1-3-15-8-4-5-9-16(15)14-23-19(20-2)22-12-7-11-21-18(24)17-10-6-13-25-17;/h4-6,8-10,13H,3,7,11-12,14H2,1-2H3,(H,21,24)(H2,20,22,23);1H. The summed E-state index contributed by atoms with van der Waals surface area (Å²) in [5, 5.41) is 11.4. The van der Waals surface area contributed by atoms with Gasteiger partial charge in [0.1, 0.15) is 0 Å². The number of nitrogens with one attached hydrogen (secondary N) is 3. The van der Waals surface area contributed by atoms with Crippen LogP contribution in [0.25, 0.3) is 0 Å². The number of halogens is 1. The van der Waals surface area contributed by atoms with Gasteiger partial charge in [-0.05, 0) is 35.4 Å². The Labute approximate surface area is 176 Å². The molecule has 1 heterocycles. The van der Waals surface area contributed by atoms with E-state index < -0.39 is 0 Å². The lowest BCUT2D eigenvalue weighted by Crippen LogP contribution is -2.38. The highest BCUT2D eigenvalue weighted by Gasteiger charge is 2.05. The number of carbonyl (C=O) groups excluding carboxylic acids is 1. The minimum Gasteiger partial charge on any atom is -0.356 e. The summed E-state index contributed by atoms with van der Waals surface area (Å²) in [6, 6.07) is 12.1. The van der Waals surface area contributed by atoms with Gasteiger partial charge in [0.15, 0.2) is 5.96 Å². The minimum absolute atomic E-state index is 0. The fourth-order valence-electron chi connectivity index (χ4n) is 2.47. The first-order valence-electron chi connectivity index (χ1n) is 8.57. The molecule has 0 unspecified atom stereocenters. The molecular formula is C19H27IN4OS. The van der Waals surface area contributed by atoms with Crippen molar-refractivity contribution >= 4 is 47.2 Å². The molecule has 0 saturated heterocycles. The zero-order valence-electron chi connectivity index (χ0n) is 15.2. The molecule has 1 amide bonds. The summed E-state index contributed by atoms with van der Waals surface area (Å²) in [6.07, 6.45) is 1.86. The first-order valence-corrected chi connectivity index (χ1v) is 9.45. The van der Waals surface area contributed by atoms with Gasteiger partial charge in [0.05, 0.1) is 4.88 Å². The Bertz CT molecular complexity index is 689. The molecule has 2 rings (SSSR count). The SMILES string of the molecule is CCc1ccccc1CNC(=NC)NCCCNC(=O)c1cccs1.I. The summed E-state index contributed by atoms with van der Waals surface area (Å²) >= 11 is 1.45. The van der Waals surface area contributed by atoms with Crippen molar-refractivity contribution in [2.45, 2.75) is 26.3 Å². The third kappa shape index (κ3) is 7.33. The molecule has 7 heteroatoms. The molecule has 0 radical (unpaired) electrons. The number of amides is 1. The second-order valence-electron chi connectivity index (χ2n) is 5.56. The van der Waals surface area contributed by atoms with Gasteiger partial charge in [0, 0.05) is 26.7 Å². The Kier molecular flexibility index (Phi) is 11.0. The number of aryl methyl sites for hydroxylation is 1. The van der Waals surface area contributed by atoms with Crippen LogP contribution in [0.15, 0.2) is 46.8 Å². The molecule has 0 saturated carbocycles. The van der Waals surface area contributed by atoms with Crippen LogP contribution in [0.5, 0.6) is 0 Å². The normalized spacial score (nSPS) is 10.8. The maximum Gasteiger partial charge on any atom is 0.261 e. The van der Waals surface area contributed by atoms with Crippen molar-refractivity contribution in [2.24, 2.45) is 4.99 Å². The summed E-state index contributed by atoms with van der Waals surface area (Å²) in [7, 11) is 1.76. The maximum atomic E-state index is 11.8. The van der Waals surface area contributed by atoms with Crippen molar-refractivity contribution in [2.75, 3.05) is 20.1 Å². The quantitative estimate of drug-likeness (QED) is 0.232. The van der Waals surface area contributed by atoms with Gasteiger partial charge in [0.2, 0.25) is 0 Å². The van der Waals surface area contributed by atoms with Gasteiger partial charge in [-0.2, -0.15) is 0 Å². The molecule has 0 bridgehead atoms. The number of aliphatic imine (C=N–C) groups is 1. The van der Waals surface area contributed by atoms with Gasteiger partial charge in [-0.15, -0.1) is 35.3 Å². The minimum atomic E-state index is -0.00585. The zero-order valence-corrected chi connectivity index (χ0v) is 18.4. The number of benzene rings is 1. The van der Waals surface area contributed by atoms with Crippen LogP contribution in [-0.2, 0) is 13.0 Å². The Hall–Kier alpha value is -1.61. The van der Waals surface area contributed by atoms with E-state index in [0.29, 0.717) is 6.54 Å². The van der Waals surface area contributed by atoms with E-state index in [4.69, 9.17) is 0 Å². The number of thiophene rings is 1. The topological polar surface area (TPSA) is 65.5 Å². The molecule has 0 aliphatic rings. The van der Waals surface area contributed by atoms with Crippen LogP contribution in [0, 0.1) is 0 Å². The number of guanidine groups is 1. The fourth-order valence-corrected chi connectivity index (χ4v) is 3.11. The number of hydrogen-bond donors (Lipinski definition) is 3. The molecular weight excluding hydrogens is 459 g/mol. The molecule has 0 atom stereocenters. The van der Waals surface area contributed by atoms with Gasteiger partial charge >= 0.3 is 0 Å². The average molecular weight is 486 g/mol. The Morgan fingerprint density at radius 3 is 2.42 bits per heavy atom. The first-order chi connectivity index (χ1) is 12.2. The van der Waals surface area contributed by atoms with Crippen molar-refractivity contribution < 1.29 is 4.79 Å². The molecule has 2 aromatic rings. The molecule has 0 aliphatic heterocycles. The second-order valence-corrected chi connectivity index (χ2v) is 6.51. The highest BCUT2D eigenvalue weighted by molar-refractivity contribution is 14.0. The second kappa shape index (κ2) is 12.7. The van der Waals surface area contributed by atoms with Gasteiger partial charge in [0.25, 0.3) is 5.91 Å². The lowest BCUT2D eigenvalue weighted by Gasteiger charge is -2.14. The van der Waals surface area contributed by atoms with E-state index in [1.165, 1.54) is 22.5 Å². The summed E-state index contributed by atoms with van der Waals surface area (Å²) in [6.45, 7) is 4.30. The molecule has 0 fully saturated rings. The van der Waals surface area contributed by atoms with Crippen LogP contribution in [-0.4, -0.2) is 32.0 Å². The summed E-state index contributed by atoms with van der Waals surface area (Å²) < 4.78 is 0. The van der Waals surface area contributed by atoms with Crippen LogP contribution in [0.1, 0.15) is 34.1 Å². The van der Waals surface area contributed by atoms with E-state index in [1.807, 2.05) is 17.5 Å². The Morgan fingerprint density at radius 2 is 1.77 bits per heavy atom. The molecule has 142 valence electrons. The van der Waals surface area contributed by atoms with Crippen LogP contribution in [0.2, 0.25) is 0 Å². The first kappa shape index (κ1) is 22.4. The van der Waals surface area contributed by atoms with Crippen molar-refractivity contribution in [1.29, 1.82) is 0 Å². The van der Waals surface area contributed by atoms with E-state index >= 15 is 0 Å². The lowest BCUT2D eigenvalue weighted by atomic mass is 10.1. The van der Waals surface area contributed by atoms with Gasteiger partial charge in [-0.3, -0.25) is 9.79 Å². The van der Waals surface area contributed by atoms with Gasteiger partial charge in [-0.1, -0.05) is 37.3 Å². The third-order valence-electron chi connectivity index (χ3n) is 3.85. The van der Waals surface area contributed by atoms with Crippen LogP contribution in [0.3, 0.4) is 0 Å². The molecule has 0 aliphatic carbocycles.